The Morgan fingerprint density at radius 3 is 2.67 bits per heavy atom. The van der Waals surface area contributed by atoms with Crippen molar-refractivity contribution in [3.8, 4) is 39.5 Å². The average Bonchev–Trinajstić information content (AvgIpc) is 3.46. The number of anilines is 1. The van der Waals surface area contributed by atoms with E-state index in [9.17, 15) is 14.3 Å². The molecule has 0 spiro atoms. The number of H-pyrrole nitrogens is 2. The van der Waals surface area contributed by atoms with Gasteiger partial charge in [0, 0.05) is 41.9 Å². The number of nitrogens with zero attached hydrogens (tertiary/aromatic N) is 4. The highest BCUT2D eigenvalue weighted by Crippen LogP contribution is 2.35. The van der Waals surface area contributed by atoms with Gasteiger partial charge in [-0.3, -0.25) is 19.9 Å². The van der Waals surface area contributed by atoms with Gasteiger partial charge >= 0.3 is 0 Å². The first-order valence-electron chi connectivity index (χ1n) is 11.0. The van der Waals surface area contributed by atoms with E-state index >= 15 is 0 Å². The van der Waals surface area contributed by atoms with Crippen molar-refractivity contribution < 1.29 is 14.3 Å². The molecule has 0 atom stereocenters. The lowest BCUT2D eigenvalue weighted by molar-refractivity contribution is -0.114. The summed E-state index contributed by atoms with van der Waals surface area (Å²) in [5, 5.41) is 20.9. The fourth-order valence-corrected chi connectivity index (χ4v) is 4.24. The van der Waals surface area contributed by atoms with Crippen LogP contribution in [0.2, 0.25) is 0 Å². The Labute approximate surface area is 203 Å². The maximum Gasteiger partial charge on any atom is 0.221 e. The van der Waals surface area contributed by atoms with Gasteiger partial charge < -0.3 is 15.4 Å². The number of carbonyl (C=O) groups excluding carboxylic acids is 1. The minimum atomic E-state index is -0.537. The summed E-state index contributed by atoms with van der Waals surface area (Å²) in [7, 11) is 0. The van der Waals surface area contributed by atoms with Crippen molar-refractivity contribution in [1.29, 1.82) is 0 Å². The summed E-state index contributed by atoms with van der Waals surface area (Å²) in [4.78, 5) is 28.0. The van der Waals surface area contributed by atoms with Crippen LogP contribution in [0.25, 0.3) is 55.7 Å². The smallest absolute Gasteiger partial charge is 0.221 e. The van der Waals surface area contributed by atoms with Gasteiger partial charge in [0.25, 0.3) is 0 Å². The van der Waals surface area contributed by atoms with Gasteiger partial charge in [-0.2, -0.15) is 5.10 Å². The molecule has 36 heavy (non-hydrogen) atoms. The summed E-state index contributed by atoms with van der Waals surface area (Å²) >= 11 is 0. The quantitative estimate of drug-likeness (QED) is 0.280. The van der Waals surface area contributed by atoms with Crippen molar-refractivity contribution in [3.63, 3.8) is 0 Å². The lowest BCUT2D eigenvalue weighted by Crippen LogP contribution is -2.06. The predicted molar refractivity (Wildman–Crippen MR) is 134 cm³/mol. The van der Waals surface area contributed by atoms with Gasteiger partial charge in [0.1, 0.15) is 22.8 Å². The highest BCUT2D eigenvalue weighted by atomic mass is 19.1. The number of pyridine rings is 3. The molecule has 0 bridgehead atoms. The predicted octanol–water partition coefficient (Wildman–Crippen LogP) is 5.03. The van der Waals surface area contributed by atoms with Crippen LogP contribution < -0.4 is 5.32 Å². The van der Waals surface area contributed by atoms with E-state index in [4.69, 9.17) is 4.98 Å². The van der Waals surface area contributed by atoms with E-state index in [1.54, 1.807) is 30.9 Å². The standard InChI is InChI=1S/C26H18FN7O2/c1-13(35)30-17-5-15(9-28-10-17)21-2-3-22-25(32-21)26(34-33-22)23-8-19-20(11-29-12-24(19)31-23)14-4-16(27)7-18(36)6-14/h2-12,31,36H,1H3,(H,30,35)(H,33,34). The number of phenols is 1. The molecule has 6 rings (SSSR count). The molecule has 0 aliphatic heterocycles. The van der Waals surface area contributed by atoms with Crippen molar-refractivity contribution in [1.82, 2.24) is 30.1 Å². The SMILES string of the molecule is CC(=O)Nc1cncc(-c2ccc3[nH]nc(-c4cc5c(-c6cc(O)cc(F)c6)cncc5[nH]4)c3n2)c1. The molecule has 176 valence electrons. The molecule has 10 heteroatoms. The third-order valence-electron chi connectivity index (χ3n) is 5.76. The number of aromatic amines is 2. The number of nitrogens with one attached hydrogen (secondary N) is 3. The van der Waals surface area contributed by atoms with Crippen molar-refractivity contribution in [3.05, 3.63) is 73.1 Å². The van der Waals surface area contributed by atoms with Crippen LogP contribution in [0.5, 0.6) is 5.75 Å². The Hall–Kier alpha value is -5.12. The van der Waals surface area contributed by atoms with Crippen molar-refractivity contribution in [2.45, 2.75) is 6.92 Å². The number of aromatic nitrogens is 6. The minimum Gasteiger partial charge on any atom is -0.508 e. The summed E-state index contributed by atoms with van der Waals surface area (Å²) in [6.45, 7) is 1.44. The van der Waals surface area contributed by atoms with E-state index < -0.39 is 5.82 Å². The second-order valence-corrected chi connectivity index (χ2v) is 8.34. The lowest BCUT2D eigenvalue weighted by Gasteiger charge is -2.05. The van der Waals surface area contributed by atoms with Gasteiger partial charge in [-0.25, -0.2) is 9.37 Å². The molecular weight excluding hydrogens is 461 g/mol. The fraction of sp³-hybridized carbons (Fsp3) is 0.0385. The van der Waals surface area contributed by atoms with E-state index in [1.165, 1.54) is 19.1 Å². The van der Waals surface area contributed by atoms with Crippen LogP contribution in [-0.4, -0.2) is 41.1 Å². The molecule has 0 saturated heterocycles. The second-order valence-electron chi connectivity index (χ2n) is 8.34. The molecule has 1 amide bonds. The Kier molecular flexibility index (Phi) is 4.92. The number of hydrogen-bond acceptors (Lipinski definition) is 6. The van der Waals surface area contributed by atoms with Gasteiger partial charge in [-0.15, -0.1) is 0 Å². The van der Waals surface area contributed by atoms with Gasteiger partial charge in [0.05, 0.1) is 40.5 Å². The average molecular weight is 479 g/mol. The van der Waals surface area contributed by atoms with Gasteiger partial charge in [-0.1, -0.05) is 0 Å². The third-order valence-corrected chi connectivity index (χ3v) is 5.76. The normalized spacial score (nSPS) is 11.3. The number of phenolic OH excluding ortho intramolecular Hbond substituents is 1. The summed E-state index contributed by atoms with van der Waals surface area (Å²) in [6.07, 6.45) is 6.55. The van der Waals surface area contributed by atoms with E-state index in [2.05, 4.69) is 30.5 Å². The Morgan fingerprint density at radius 1 is 0.972 bits per heavy atom. The summed E-state index contributed by atoms with van der Waals surface area (Å²) < 4.78 is 13.9. The molecule has 9 nitrogen and oxygen atoms in total. The lowest BCUT2D eigenvalue weighted by atomic mass is 10.0. The second kappa shape index (κ2) is 8.27. The zero-order chi connectivity index (χ0) is 24.8. The van der Waals surface area contributed by atoms with E-state index in [-0.39, 0.29) is 11.7 Å². The van der Waals surface area contributed by atoms with Crippen LogP contribution in [-0.2, 0) is 4.79 Å². The molecule has 0 fully saturated rings. The highest BCUT2D eigenvalue weighted by Gasteiger charge is 2.16. The first-order chi connectivity index (χ1) is 17.4. The molecule has 0 aliphatic carbocycles. The number of rotatable bonds is 4. The van der Waals surface area contributed by atoms with Gasteiger partial charge in [-0.05, 0) is 42.0 Å². The first-order valence-corrected chi connectivity index (χ1v) is 11.0. The number of amides is 1. The van der Waals surface area contributed by atoms with Crippen LogP contribution >= 0.6 is 0 Å². The molecular formula is C26H18FN7O2. The zero-order valence-electron chi connectivity index (χ0n) is 18.9. The molecule has 4 N–H and O–H groups in total. The molecule has 6 aromatic rings. The topological polar surface area (TPSA) is 132 Å². The molecule has 5 aromatic heterocycles. The Bertz CT molecular complexity index is 1770. The number of aromatic hydroxyl groups is 1. The number of carbonyl (C=O) groups is 1. The molecule has 0 unspecified atom stereocenters. The van der Waals surface area contributed by atoms with Crippen molar-refractivity contribution >= 4 is 33.5 Å². The Balaban J connectivity index is 1.46. The maximum absolute atomic E-state index is 13.9. The maximum atomic E-state index is 13.9. The first kappa shape index (κ1) is 21.4. The van der Waals surface area contributed by atoms with Crippen LogP contribution in [0.3, 0.4) is 0 Å². The van der Waals surface area contributed by atoms with Gasteiger partial charge in [0.2, 0.25) is 5.91 Å². The van der Waals surface area contributed by atoms with Crippen LogP contribution in [0.4, 0.5) is 10.1 Å². The highest BCUT2D eigenvalue weighted by molar-refractivity contribution is 6.00. The van der Waals surface area contributed by atoms with Gasteiger partial charge in [0.15, 0.2) is 0 Å². The van der Waals surface area contributed by atoms with E-state index in [0.717, 1.165) is 28.0 Å². The van der Waals surface area contributed by atoms with Crippen molar-refractivity contribution in [2.24, 2.45) is 0 Å². The number of halogens is 1. The monoisotopic (exact) mass is 479 g/mol. The number of benzene rings is 1. The van der Waals surface area contributed by atoms with E-state index in [0.29, 0.717) is 39.4 Å². The molecule has 0 radical (unpaired) electrons. The number of hydrogen-bond donors (Lipinski definition) is 4. The third kappa shape index (κ3) is 3.80. The van der Waals surface area contributed by atoms with Crippen molar-refractivity contribution in [2.75, 3.05) is 5.32 Å². The molecule has 5 heterocycles. The molecule has 0 aliphatic rings. The van der Waals surface area contributed by atoms with Crippen LogP contribution in [0.1, 0.15) is 6.92 Å². The van der Waals surface area contributed by atoms with Crippen LogP contribution in [0, 0.1) is 5.82 Å². The minimum absolute atomic E-state index is 0.162. The Morgan fingerprint density at radius 2 is 1.83 bits per heavy atom. The summed E-state index contributed by atoms with van der Waals surface area (Å²) in [5.74, 6) is -0.884. The largest absolute Gasteiger partial charge is 0.508 e. The molecule has 1 aromatic carbocycles. The fourth-order valence-electron chi connectivity index (χ4n) is 4.24. The summed E-state index contributed by atoms with van der Waals surface area (Å²) in [6, 6.07) is 11.3. The van der Waals surface area contributed by atoms with E-state index in [1.807, 2.05) is 18.2 Å². The zero-order valence-corrected chi connectivity index (χ0v) is 18.9. The number of fused-ring (bicyclic) bond motifs is 2. The summed E-state index contributed by atoms with van der Waals surface area (Å²) in [5.41, 5.74) is 6.56. The van der Waals surface area contributed by atoms with Crippen LogP contribution in [0.15, 0.2) is 67.3 Å². The molecule has 0 saturated carbocycles.